The number of aromatic nitrogens is 1. The SMILES string of the molecule is Cc1cc(/C=C/C(=O)NNC(=O)COc2ccccc2F)c(C)n1C1CC1. The predicted molar refractivity (Wildman–Crippen MR) is 99.4 cm³/mol. The van der Waals surface area contributed by atoms with E-state index in [-0.39, 0.29) is 5.75 Å². The van der Waals surface area contributed by atoms with Gasteiger partial charge in [-0.15, -0.1) is 0 Å². The van der Waals surface area contributed by atoms with E-state index in [1.807, 2.05) is 13.0 Å². The van der Waals surface area contributed by atoms with Gasteiger partial charge in [0.2, 0.25) is 0 Å². The van der Waals surface area contributed by atoms with Crippen molar-refractivity contribution in [2.45, 2.75) is 32.7 Å². The van der Waals surface area contributed by atoms with Gasteiger partial charge in [-0.25, -0.2) is 4.39 Å². The molecule has 2 amide bonds. The van der Waals surface area contributed by atoms with Crippen LogP contribution in [0.4, 0.5) is 4.39 Å². The Hall–Kier alpha value is -3.09. The van der Waals surface area contributed by atoms with Crippen LogP contribution in [-0.4, -0.2) is 23.0 Å². The van der Waals surface area contributed by atoms with E-state index < -0.39 is 24.2 Å². The van der Waals surface area contributed by atoms with Crippen LogP contribution < -0.4 is 15.6 Å². The lowest BCUT2D eigenvalue weighted by molar-refractivity contribution is -0.128. The van der Waals surface area contributed by atoms with Crippen LogP contribution in [0.2, 0.25) is 0 Å². The van der Waals surface area contributed by atoms with Crippen molar-refractivity contribution in [1.82, 2.24) is 15.4 Å². The third-order valence-electron chi connectivity index (χ3n) is 4.37. The summed E-state index contributed by atoms with van der Waals surface area (Å²) in [5.41, 5.74) is 7.78. The number of hydrogen-bond donors (Lipinski definition) is 2. The van der Waals surface area contributed by atoms with Gasteiger partial charge in [-0.1, -0.05) is 12.1 Å². The minimum Gasteiger partial charge on any atom is -0.481 e. The van der Waals surface area contributed by atoms with Crippen molar-refractivity contribution in [3.8, 4) is 5.75 Å². The molecule has 142 valence electrons. The number of ether oxygens (including phenoxy) is 1. The number of para-hydroxylation sites is 1. The summed E-state index contributed by atoms with van der Waals surface area (Å²) in [7, 11) is 0. The van der Waals surface area contributed by atoms with Gasteiger partial charge in [0.05, 0.1) is 0 Å². The van der Waals surface area contributed by atoms with Gasteiger partial charge in [0, 0.05) is 23.5 Å². The minimum atomic E-state index is -0.591. The second-order valence-electron chi connectivity index (χ2n) is 6.52. The molecule has 1 heterocycles. The Labute approximate surface area is 157 Å². The molecule has 7 heteroatoms. The number of carbonyl (C=O) groups is 2. The van der Waals surface area contributed by atoms with Gasteiger partial charge < -0.3 is 9.30 Å². The first-order valence-corrected chi connectivity index (χ1v) is 8.78. The molecule has 1 fully saturated rings. The molecule has 1 aromatic heterocycles. The fourth-order valence-corrected chi connectivity index (χ4v) is 2.95. The highest BCUT2D eigenvalue weighted by atomic mass is 19.1. The van der Waals surface area contributed by atoms with E-state index in [4.69, 9.17) is 4.74 Å². The van der Waals surface area contributed by atoms with Crippen LogP contribution >= 0.6 is 0 Å². The molecule has 1 saturated carbocycles. The van der Waals surface area contributed by atoms with Crippen molar-refractivity contribution < 1.29 is 18.7 Å². The molecule has 3 rings (SSSR count). The van der Waals surface area contributed by atoms with E-state index in [1.54, 1.807) is 12.1 Å². The summed E-state index contributed by atoms with van der Waals surface area (Å²) in [4.78, 5) is 23.6. The van der Waals surface area contributed by atoms with Crippen LogP contribution in [-0.2, 0) is 9.59 Å². The van der Waals surface area contributed by atoms with E-state index in [1.165, 1.54) is 42.8 Å². The van der Waals surface area contributed by atoms with E-state index in [0.717, 1.165) is 11.3 Å². The second kappa shape index (κ2) is 8.07. The van der Waals surface area contributed by atoms with E-state index in [0.29, 0.717) is 6.04 Å². The first kappa shape index (κ1) is 18.7. The third-order valence-corrected chi connectivity index (χ3v) is 4.37. The average molecular weight is 371 g/mol. The highest BCUT2D eigenvalue weighted by Gasteiger charge is 2.26. The van der Waals surface area contributed by atoms with Crippen LogP contribution in [0.1, 0.15) is 35.8 Å². The lowest BCUT2D eigenvalue weighted by atomic mass is 10.2. The number of hydrogen-bond acceptors (Lipinski definition) is 3. The zero-order valence-corrected chi connectivity index (χ0v) is 15.3. The first-order chi connectivity index (χ1) is 13.0. The molecule has 1 aliphatic rings. The van der Waals surface area contributed by atoms with Gasteiger partial charge in [0.15, 0.2) is 18.2 Å². The Morgan fingerprint density at radius 2 is 2.00 bits per heavy atom. The lowest BCUT2D eigenvalue weighted by Gasteiger charge is -2.08. The van der Waals surface area contributed by atoms with Crippen molar-refractivity contribution in [2.75, 3.05) is 6.61 Å². The van der Waals surface area contributed by atoms with Gasteiger partial charge in [-0.3, -0.25) is 20.4 Å². The van der Waals surface area contributed by atoms with Crippen LogP contribution in [0.3, 0.4) is 0 Å². The summed E-state index contributed by atoms with van der Waals surface area (Å²) in [6.45, 7) is 3.68. The molecular formula is C20H22FN3O3. The number of carbonyl (C=O) groups excluding carboxylic acids is 2. The van der Waals surface area contributed by atoms with Crippen molar-refractivity contribution in [3.05, 3.63) is 59.2 Å². The topological polar surface area (TPSA) is 72.4 Å². The quantitative estimate of drug-likeness (QED) is 0.606. The normalized spacial score (nSPS) is 13.6. The Kier molecular flexibility index (Phi) is 5.59. The number of halogens is 1. The van der Waals surface area contributed by atoms with Crippen LogP contribution in [0.15, 0.2) is 36.4 Å². The second-order valence-corrected chi connectivity index (χ2v) is 6.52. The number of aryl methyl sites for hydroxylation is 1. The summed E-state index contributed by atoms with van der Waals surface area (Å²) >= 11 is 0. The molecular weight excluding hydrogens is 349 g/mol. The van der Waals surface area contributed by atoms with E-state index >= 15 is 0 Å². The molecule has 6 nitrogen and oxygen atoms in total. The molecule has 0 bridgehead atoms. The summed E-state index contributed by atoms with van der Waals surface area (Å²) < 4.78 is 20.7. The third kappa shape index (κ3) is 4.75. The Bertz CT molecular complexity index is 885. The largest absolute Gasteiger partial charge is 0.481 e. The fraction of sp³-hybridized carbons (Fsp3) is 0.300. The molecule has 0 atom stereocenters. The Balaban J connectivity index is 1.47. The zero-order valence-electron chi connectivity index (χ0n) is 15.3. The number of nitrogens with zero attached hydrogens (tertiary/aromatic N) is 1. The van der Waals surface area contributed by atoms with Gasteiger partial charge in [-0.2, -0.15) is 0 Å². The first-order valence-electron chi connectivity index (χ1n) is 8.78. The maximum Gasteiger partial charge on any atom is 0.276 e. The molecule has 27 heavy (non-hydrogen) atoms. The number of rotatable bonds is 6. The molecule has 0 aliphatic heterocycles. The summed E-state index contributed by atoms with van der Waals surface area (Å²) in [6, 6.07) is 8.40. The Morgan fingerprint density at radius 3 is 2.70 bits per heavy atom. The number of amides is 2. The molecule has 0 radical (unpaired) electrons. The zero-order chi connectivity index (χ0) is 19.4. The van der Waals surface area contributed by atoms with E-state index in [9.17, 15) is 14.0 Å². The van der Waals surface area contributed by atoms with Crippen LogP contribution in [0.5, 0.6) is 5.75 Å². The molecule has 0 spiro atoms. The van der Waals surface area contributed by atoms with Gasteiger partial charge >= 0.3 is 0 Å². The van der Waals surface area contributed by atoms with Crippen molar-refractivity contribution >= 4 is 17.9 Å². The fourth-order valence-electron chi connectivity index (χ4n) is 2.95. The summed E-state index contributed by atoms with van der Waals surface area (Å²) in [5, 5.41) is 0. The maximum atomic E-state index is 13.4. The molecule has 0 saturated heterocycles. The highest BCUT2D eigenvalue weighted by molar-refractivity contribution is 5.93. The standard InChI is InChI=1S/C20H22FN3O3/c1-13-11-15(14(2)24(13)16-8-9-16)7-10-19(25)22-23-20(26)12-27-18-6-4-3-5-17(18)21/h3-7,10-11,16H,8-9,12H2,1-2H3,(H,22,25)(H,23,26)/b10-7+. The monoisotopic (exact) mass is 371 g/mol. The maximum absolute atomic E-state index is 13.4. The molecule has 1 aliphatic carbocycles. The number of benzene rings is 1. The van der Waals surface area contributed by atoms with Gasteiger partial charge in [-0.05, 0) is 56.5 Å². The van der Waals surface area contributed by atoms with Crippen LogP contribution in [0, 0.1) is 19.7 Å². The summed E-state index contributed by atoms with van der Waals surface area (Å²) in [6.07, 6.45) is 5.47. The average Bonchev–Trinajstić information content (AvgIpc) is 3.43. The molecule has 1 aromatic carbocycles. The molecule has 2 aromatic rings. The Morgan fingerprint density at radius 1 is 1.26 bits per heavy atom. The van der Waals surface area contributed by atoms with Gasteiger partial charge in [0.25, 0.3) is 11.8 Å². The van der Waals surface area contributed by atoms with E-state index in [2.05, 4.69) is 22.3 Å². The predicted octanol–water partition coefficient (Wildman–Crippen LogP) is 2.82. The summed E-state index contributed by atoms with van der Waals surface area (Å²) in [5.74, 6) is -1.64. The highest BCUT2D eigenvalue weighted by Crippen LogP contribution is 2.38. The lowest BCUT2D eigenvalue weighted by Crippen LogP contribution is -2.43. The van der Waals surface area contributed by atoms with Gasteiger partial charge in [0.1, 0.15) is 0 Å². The van der Waals surface area contributed by atoms with Crippen molar-refractivity contribution in [3.63, 3.8) is 0 Å². The molecule has 2 N–H and O–H groups in total. The van der Waals surface area contributed by atoms with Crippen LogP contribution in [0.25, 0.3) is 6.08 Å². The number of hydrazine groups is 1. The molecule has 0 unspecified atom stereocenters. The number of nitrogens with one attached hydrogen (secondary N) is 2. The van der Waals surface area contributed by atoms with Crippen molar-refractivity contribution in [1.29, 1.82) is 0 Å². The smallest absolute Gasteiger partial charge is 0.276 e. The minimum absolute atomic E-state index is 0.0232. The van der Waals surface area contributed by atoms with Crippen molar-refractivity contribution in [2.24, 2.45) is 0 Å².